The van der Waals surface area contributed by atoms with E-state index in [-0.39, 0.29) is 0 Å². The monoisotopic (exact) mass is 213 g/mol. The molecule has 1 fully saturated rings. The largest absolute Gasteiger partial charge is 0.396 e. The molecule has 2 atom stereocenters. The summed E-state index contributed by atoms with van der Waals surface area (Å²) in [5, 5.41) is 12.4. The summed E-state index contributed by atoms with van der Waals surface area (Å²) < 4.78 is 0. The van der Waals surface area contributed by atoms with E-state index in [0.717, 1.165) is 37.3 Å². The molecule has 0 spiro atoms. The van der Waals surface area contributed by atoms with Gasteiger partial charge in [-0.15, -0.1) is 0 Å². The molecule has 2 heteroatoms. The first-order valence-electron chi connectivity index (χ1n) is 6.60. The van der Waals surface area contributed by atoms with Gasteiger partial charge in [0, 0.05) is 12.6 Å². The highest BCUT2D eigenvalue weighted by atomic mass is 16.2. The Labute approximate surface area is 94.5 Å². The van der Waals surface area contributed by atoms with Crippen LogP contribution in [0.5, 0.6) is 0 Å². The van der Waals surface area contributed by atoms with Gasteiger partial charge in [-0.25, -0.2) is 0 Å². The number of hydrogen-bond donors (Lipinski definition) is 2. The Balaban J connectivity index is 2.23. The zero-order valence-electron chi connectivity index (χ0n) is 10.3. The van der Waals surface area contributed by atoms with Crippen LogP contribution in [-0.4, -0.2) is 24.3 Å². The SMILES string of the molecule is CC(C)C1CCCCC1NCCCCO. The van der Waals surface area contributed by atoms with Gasteiger partial charge < -0.3 is 10.4 Å². The molecule has 0 aliphatic heterocycles. The van der Waals surface area contributed by atoms with E-state index >= 15 is 0 Å². The average Bonchev–Trinajstić information content (AvgIpc) is 2.25. The van der Waals surface area contributed by atoms with Gasteiger partial charge in [-0.1, -0.05) is 26.7 Å². The number of rotatable bonds is 6. The van der Waals surface area contributed by atoms with E-state index in [1.807, 2.05) is 0 Å². The summed E-state index contributed by atoms with van der Waals surface area (Å²) in [5.41, 5.74) is 0. The summed E-state index contributed by atoms with van der Waals surface area (Å²) in [4.78, 5) is 0. The molecule has 0 aromatic heterocycles. The van der Waals surface area contributed by atoms with Crippen LogP contribution in [0.15, 0.2) is 0 Å². The van der Waals surface area contributed by atoms with Crippen molar-refractivity contribution in [2.24, 2.45) is 11.8 Å². The molecule has 0 bridgehead atoms. The second kappa shape index (κ2) is 7.24. The van der Waals surface area contributed by atoms with Gasteiger partial charge in [0.15, 0.2) is 0 Å². The highest BCUT2D eigenvalue weighted by Crippen LogP contribution is 2.30. The fourth-order valence-electron chi connectivity index (χ4n) is 2.74. The Morgan fingerprint density at radius 3 is 2.60 bits per heavy atom. The molecule has 2 unspecified atom stereocenters. The number of aliphatic hydroxyl groups excluding tert-OH is 1. The van der Waals surface area contributed by atoms with E-state index in [1.54, 1.807) is 0 Å². The van der Waals surface area contributed by atoms with Gasteiger partial charge in [-0.05, 0) is 44.1 Å². The maximum atomic E-state index is 8.72. The number of hydrogen-bond acceptors (Lipinski definition) is 2. The van der Waals surface area contributed by atoms with Gasteiger partial charge >= 0.3 is 0 Å². The van der Waals surface area contributed by atoms with E-state index in [2.05, 4.69) is 19.2 Å². The van der Waals surface area contributed by atoms with Crippen LogP contribution in [0.4, 0.5) is 0 Å². The van der Waals surface area contributed by atoms with Crippen molar-refractivity contribution in [3.8, 4) is 0 Å². The van der Waals surface area contributed by atoms with Crippen LogP contribution in [0.2, 0.25) is 0 Å². The van der Waals surface area contributed by atoms with Gasteiger partial charge in [0.1, 0.15) is 0 Å². The lowest BCUT2D eigenvalue weighted by molar-refractivity contribution is 0.203. The Bertz CT molecular complexity index is 159. The van der Waals surface area contributed by atoms with Gasteiger partial charge in [0.25, 0.3) is 0 Å². The summed E-state index contributed by atoms with van der Waals surface area (Å²) in [6, 6.07) is 0.734. The smallest absolute Gasteiger partial charge is 0.0431 e. The van der Waals surface area contributed by atoms with Crippen molar-refractivity contribution in [1.82, 2.24) is 5.32 Å². The van der Waals surface area contributed by atoms with Crippen LogP contribution in [0, 0.1) is 11.8 Å². The number of nitrogens with one attached hydrogen (secondary N) is 1. The minimum Gasteiger partial charge on any atom is -0.396 e. The van der Waals surface area contributed by atoms with Crippen molar-refractivity contribution in [3.63, 3.8) is 0 Å². The molecule has 0 aromatic rings. The van der Waals surface area contributed by atoms with Crippen LogP contribution in [0.3, 0.4) is 0 Å². The van der Waals surface area contributed by atoms with E-state index in [1.165, 1.54) is 25.7 Å². The summed E-state index contributed by atoms with van der Waals surface area (Å²) in [6.07, 6.45) is 7.60. The lowest BCUT2D eigenvalue weighted by Gasteiger charge is -2.35. The molecule has 15 heavy (non-hydrogen) atoms. The molecule has 2 nitrogen and oxygen atoms in total. The Morgan fingerprint density at radius 1 is 1.20 bits per heavy atom. The third-order valence-electron chi connectivity index (χ3n) is 3.67. The van der Waals surface area contributed by atoms with E-state index in [4.69, 9.17) is 5.11 Å². The predicted molar refractivity (Wildman–Crippen MR) is 64.9 cm³/mol. The van der Waals surface area contributed by atoms with E-state index in [9.17, 15) is 0 Å². The van der Waals surface area contributed by atoms with Crippen LogP contribution < -0.4 is 5.32 Å². The molecular weight excluding hydrogens is 186 g/mol. The van der Waals surface area contributed by atoms with Crippen LogP contribution in [0.1, 0.15) is 52.4 Å². The van der Waals surface area contributed by atoms with Crippen LogP contribution in [0.25, 0.3) is 0 Å². The van der Waals surface area contributed by atoms with Gasteiger partial charge in [0.05, 0.1) is 0 Å². The molecule has 1 saturated carbocycles. The summed E-state index contributed by atoms with van der Waals surface area (Å²) in [5.74, 6) is 1.67. The van der Waals surface area contributed by atoms with Crippen molar-refractivity contribution in [2.45, 2.75) is 58.4 Å². The standard InChI is InChI=1S/C13H27NO/c1-11(2)12-7-3-4-8-13(12)14-9-5-6-10-15/h11-15H,3-10H2,1-2H3. The van der Waals surface area contributed by atoms with Crippen LogP contribution >= 0.6 is 0 Å². The predicted octanol–water partition coefficient (Wildman–Crippen LogP) is 2.56. The van der Waals surface area contributed by atoms with Gasteiger partial charge in [0.2, 0.25) is 0 Å². The second-order valence-electron chi connectivity index (χ2n) is 5.18. The fraction of sp³-hybridized carbons (Fsp3) is 1.00. The second-order valence-corrected chi connectivity index (χ2v) is 5.18. The summed E-state index contributed by atoms with van der Waals surface area (Å²) in [6.45, 7) is 6.10. The third kappa shape index (κ3) is 4.52. The Morgan fingerprint density at radius 2 is 1.93 bits per heavy atom. The zero-order chi connectivity index (χ0) is 11.1. The maximum absolute atomic E-state index is 8.72. The Hall–Kier alpha value is -0.0800. The first-order chi connectivity index (χ1) is 7.25. The van der Waals surface area contributed by atoms with Crippen molar-refractivity contribution in [1.29, 1.82) is 0 Å². The van der Waals surface area contributed by atoms with Gasteiger partial charge in [-0.3, -0.25) is 0 Å². The highest BCUT2D eigenvalue weighted by Gasteiger charge is 2.26. The summed E-state index contributed by atoms with van der Waals surface area (Å²) in [7, 11) is 0. The molecule has 2 N–H and O–H groups in total. The van der Waals surface area contributed by atoms with Crippen molar-refractivity contribution in [2.75, 3.05) is 13.2 Å². The third-order valence-corrected chi connectivity index (χ3v) is 3.67. The van der Waals surface area contributed by atoms with E-state index in [0.29, 0.717) is 6.61 Å². The minimum atomic E-state index is 0.333. The zero-order valence-corrected chi connectivity index (χ0v) is 10.3. The molecule has 0 radical (unpaired) electrons. The molecule has 0 amide bonds. The van der Waals surface area contributed by atoms with Crippen molar-refractivity contribution in [3.05, 3.63) is 0 Å². The number of aliphatic hydroxyl groups is 1. The number of unbranched alkanes of at least 4 members (excludes halogenated alkanes) is 1. The molecular formula is C13H27NO. The molecule has 1 aliphatic rings. The van der Waals surface area contributed by atoms with Gasteiger partial charge in [-0.2, -0.15) is 0 Å². The molecule has 0 heterocycles. The van der Waals surface area contributed by atoms with E-state index < -0.39 is 0 Å². The topological polar surface area (TPSA) is 32.3 Å². The lowest BCUT2D eigenvalue weighted by atomic mass is 9.78. The molecule has 90 valence electrons. The summed E-state index contributed by atoms with van der Waals surface area (Å²) >= 11 is 0. The maximum Gasteiger partial charge on any atom is 0.0431 e. The van der Waals surface area contributed by atoms with Crippen LogP contribution in [-0.2, 0) is 0 Å². The molecule has 1 aliphatic carbocycles. The van der Waals surface area contributed by atoms with Crippen molar-refractivity contribution < 1.29 is 5.11 Å². The minimum absolute atomic E-state index is 0.333. The Kier molecular flexibility index (Phi) is 6.26. The normalized spacial score (nSPS) is 27.2. The molecule has 1 rings (SSSR count). The van der Waals surface area contributed by atoms with Crippen molar-refractivity contribution >= 4 is 0 Å². The quantitative estimate of drug-likeness (QED) is 0.665. The first-order valence-corrected chi connectivity index (χ1v) is 6.60. The molecule has 0 aromatic carbocycles. The highest BCUT2D eigenvalue weighted by molar-refractivity contribution is 4.82. The fourth-order valence-corrected chi connectivity index (χ4v) is 2.74. The average molecular weight is 213 g/mol. The lowest BCUT2D eigenvalue weighted by Crippen LogP contribution is -2.41. The first kappa shape index (κ1) is 13.0. The molecule has 0 saturated heterocycles.